The lowest BCUT2D eigenvalue weighted by Crippen LogP contribution is -2.40. The molecule has 0 aromatic heterocycles. The molecule has 0 saturated carbocycles. The zero-order valence-electron chi connectivity index (χ0n) is 14.9. The van der Waals surface area contributed by atoms with Gasteiger partial charge in [-0.1, -0.05) is 11.6 Å². The van der Waals surface area contributed by atoms with Gasteiger partial charge in [0.2, 0.25) is 15.9 Å². The minimum absolute atomic E-state index is 0.0760. The van der Waals surface area contributed by atoms with E-state index in [1.54, 1.807) is 31.3 Å². The van der Waals surface area contributed by atoms with E-state index in [-0.39, 0.29) is 30.5 Å². The first-order chi connectivity index (χ1) is 12.7. The number of likely N-dealkylation sites (N-methyl/N-ethyl adjacent to an activating group) is 2. The van der Waals surface area contributed by atoms with Gasteiger partial charge in [-0.15, -0.1) is 0 Å². The van der Waals surface area contributed by atoms with E-state index in [4.69, 9.17) is 16.3 Å². The molecule has 9 heteroatoms. The summed E-state index contributed by atoms with van der Waals surface area (Å²) >= 11 is 5.79. The minimum atomic E-state index is -3.88. The van der Waals surface area contributed by atoms with Gasteiger partial charge in [0.25, 0.3) is 0 Å². The molecule has 0 aliphatic carbocycles. The van der Waals surface area contributed by atoms with Gasteiger partial charge in [0.15, 0.2) is 0 Å². The molecule has 0 aliphatic heterocycles. The molecule has 0 spiro atoms. The normalized spacial score (nSPS) is 11.4. The summed E-state index contributed by atoms with van der Waals surface area (Å²) in [6, 6.07) is 11.3. The van der Waals surface area contributed by atoms with E-state index < -0.39 is 15.8 Å². The Morgan fingerprint density at radius 2 is 1.67 bits per heavy atom. The molecule has 0 heterocycles. The van der Waals surface area contributed by atoms with E-state index in [9.17, 15) is 17.6 Å². The van der Waals surface area contributed by atoms with Crippen molar-refractivity contribution in [3.05, 3.63) is 59.4 Å². The van der Waals surface area contributed by atoms with Crippen LogP contribution in [0, 0.1) is 5.82 Å². The second kappa shape index (κ2) is 9.16. The summed E-state index contributed by atoms with van der Waals surface area (Å²) in [6.45, 7) is 0.196. The second-order valence-corrected chi connectivity index (χ2v) is 8.31. The number of hydrogen-bond donors (Lipinski definition) is 0. The highest BCUT2D eigenvalue weighted by molar-refractivity contribution is 7.89. The van der Waals surface area contributed by atoms with E-state index in [0.717, 1.165) is 28.6 Å². The van der Waals surface area contributed by atoms with E-state index in [2.05, 4.69) is 0 Å². The number of benzene rings is 2. The molecule has 0 saturated heterocycles. The predicted octanol–water partition coefficient (Wildman–Crippen LogP) is 2.64. The molecule has 0 radical (unpaired) electrons. The van der Waals surface area contributed by atoms with Crippen LogP contribution in [0.4, 0.5) is 4.39 Å². The highest BCUT2D eigenvalue weighted by Crippen LogP contribution is 2.16. The monoisotopic (exact) mass is 414 g/mol. The van der Waals surface area contributed by atoms with Crippen LogP contribution in [-0.4, -0.2) is 57.3 Å². The molecule has 2 aromatic carbocycles. The van der Waals surface area contributed by atoms with Crippen molar-refractivity contribution in [2.75, 3.05) is 33.8 Å². The molecular formula is C18H20ClFN2O4S. The van der Waals surface area contributed by atoms with Crippen molar-refractivity contribution < 1.29 is 22.3 Å². The third-order valence-electron chi connectivity index (χ3n) is 3.81. The Morgan fingerprint density at radius 3 is 2.26 bits per heavy atom. The molecular weight excluding hydrogens is 395 g/mol. The quantitative estimate of drug-likeness (QED) is 0.666. The van der Waals surface area contributed by atoms with Gasteiger partial charge in [0.1, 0.15) is 18.2 Å². The van der Waals surface area contributed by atoms with Crippen LogP contribution in [0.2, 0.25) is 5.02 Å². The Bertz CT molecular complexity index is 873. The molecule has 1 amide bonds. The van der Waals surface area contributed by atoms with Crippen LogP contribution in [0.15, 0.2) is 53.4 Å². The Kier molecular flexibility index (Phi) is 7.18. The maximum absolute atomic E-state index is 13.0. The molecule has 0 N–H and O–H groups in total. The lowest BCUT2D eigenvalue weighted by atomic mass is 10.3. The van der Waals surface area contributed by atoms with Crippen molar-refractivity contribution in [1.29, 1.82) is 0 Å². The van der Waals surface area contributed by atoms with Crippen LogP contribution >= 0.6 is 11.6 Å². The number of sulfonamides is 1. The van der Waals surface area contributed by atoms with E-state index in [0.29, 0.717) is 10.8 Å². The SMILES string of the molecule is CN(CCOc1ccc(Cl)cc1)C(=O)CN(C)S(=O)(=O)c1ccc(F)cc1. The second-order valence-electron chi connectivity index (χ2n) is 5.83. The molecule has 0 aliphatic rings. The molecule has 27 heavy (non-hydrogen) atoms. The largest absolute Gasteiger partial charge is 0.492 e. The predicted molar refractivity (Wildman–Crippen MR) is 101 cm³/mol. The number of amides is 1. The van der Waals surface area contributed by atoms with Crippen LogP contribution in [0.1, 0.15) is 0 Å². The Labute approximate surface area is 163 Å². The Balaban J connectivity index is 1.87. The summed E-state index contributed by atoms with van der Waals surface area (Å²) in [4.78, 5) is 13.6. The number of rotatable bonds is 8. The molecule has 0 atom stereocenters. The summed E-state index contributed by atoms with van der Waals surface area (Å²) in [5.74, 6) is -0.299. The first kappa shape index (κ1) is 21.1. The number of halogens is 2. The van der Waals surface area contributed by atoms with Crippen LogP contribution in [-0.2, 0) is 14.8 Å². The average molecular weight is 415 g/mol. The molecule has 2 rings (SSSR count). The fraction of sp³-hybridized carbons (Fsp3) is 0.278. The van der Waals surface area contributed by atoms with Crippen LogP contribution < -0.4 is 4.74 Å². The van der Waals surface area contributed by atoms with Gasteiger partial charge in [-0.3, -0.25) is 4.79 Å². The summed E-state index contributed by atoms with van der Waals surface area (Å²) in [5, 5.41) is 0.597. The third-order valence-corrected chi connectivity index (χ3v) is 5.88. The van der Waals surface area contributed by atoms with Gasteiger partial charge in [-0.25, -0.2) is 12.8 Å². The topological polar surface area (TPSA) is 66.9 Å². The smallest absolute Gasteiger partial charge is 0.243 e. The number of carbonyl (C=O) groups excluding carboxylic acids is 1. The maximum Gasteiger partial charge on any atom is 0.243 e. The van der Waals surface area contributed by atoms with Crippen molar-refractivity contribution in [1.82, 2.24) is 9.21 Å². The molecule has 2 aromatic rings. The van der Waals surface area contributed by atoms with Crippen molar-refractivity contribution in [2.24, 2.45) is 0 Å². The lowest BCUT2D eigenvalue weighted by Gasteiger charge is -2.22. The van der Waals surface area contributed by atoms with Crippen molar-refractivity contribution in [3.8, 4) is 5.75 Å². The maximum atomic E-state index is 13.0. The van der Waals surface area contributed by atoms with E-state index in [1.807, 2.05) is 0 Å². The lowest BCUT2D eigenvalue weighted by molar-refractivity contribution is -0.130. The molecule has 0 unspecified atom stereocenters. The molecule has 6 nitrogen and oxygen atoms in total. The molecule has 146 valence electrons. The van der Waals surface area contributed by atoms with Gasteiger partial charge in [0, 0.05) is 19.1 Å². The minimum Gasteiger partial charge on any atom is -0.492 e. The molecule has 0 fully saturated rings. The van der Waals surface area contributed by atoms with Gasteiger partial charge >= 0.3 is 0 Å². The summed E-state index contributed by atoms with van der Waals surface area (Å²) < 4.78 is 44.3. The van der Waals surface area contributed by atoms with E-state index >= 15 is 0 Å². The summed E-state index contributed by atoms with van der Waals surface area (Å²) in [5.41, 5.74) is 0. The zero-order valence-corrected chi connectivity index (χ0v) is 16.5. The number of carbonyl (C=O) groups is 1. The third kappa shape index (κ3) is 5.92. The van der Waals surface area contributed by atoms with Crippen molar-refractivity contribution in [3.63, 3.8) is 0 Å². The van der Waals surface area contributed by atoms with Gasteiger partial charge in [-0.05, 0) is 48.5 Å². The average Bonchev–Trinajstić information content (AvgIpc) is 2.63. The molecule has 0 bridgehead atoms. The fourth-order valence-electron chi connectivity index (χ4n) is 2.14. The Hall–Kier alpha value is -2.16. The Morgan fingerprint density at radius 1 is 1.07 bits per heavy atom. The number of nitrogens with zero attached hydrogens (tertiary/aromatic N) is 2. The van der Waals surface area contributed by atoms with E-state index in [1.165, 1.54) is 11.9 Å². The van der Waals surface area contributed by atoms with Gasteiger partial charge < -0.3 is 9.64 Å². The number of ether oxygens (including phenoxy) is 1. The van der Waals surface area contributed by atoms with Crippen LogP contribution in [0.3, 0.4) is 0 Å². The van der Waals surface area contributed by atoms with Crippen LogP contribution in [0.25, 0.3) is 0 Å². The highest BCUT2D eigenvalue weighted by Gasteiger charge is 2.24. The summed E-state index contributed by atoms with van der Waals surface area (Å²) in [6.07, 6.45) is 0. The van der Waals surface area contributed by atoms with Crippen molar-refractivity contribution in [2.45, 2.75) is 4.90 Å². The summed E-state index contributed by atoms with van der Waals surface area (Å²) in [7, 11) is -1.01. The van der Waals surface area contributed by atoms with Gasteiger partial charge in [-0.2, -0.15) is 4.31 Å². The number of hydrogen-bond acceptors (Lipinski definition) is 4. The van der Waals surface area contributed by atoms with Gasteiger partial charge in [0.05, 0.1) is 18.0 Å². The zero-order chi connectivity index (χ0) is 20.0. The fourth-order valence-corrected chi connectivity index (χ4v) is 3.38. The standard InChI is InChI=1S/C18H20ClFN2O4S/c1-21(11-12-26-16-7-3-14(19)4-8-16)18(23)13-22(2)27(24,25)17-9-5-15(20)6-10-17/h3-10H,11-13H2,1-2H3. The van der Waals surface area contributed by atoms with Crippen molar-refractivity contribution >= 4 is 27.5 Å². The first-order valence-electron chi connectivity index (χ1n) is 8.04. The highest BCUT2D eigenvalue weighted by atomic mass is 35.5. The first-order valence-corrected chi connectivity index (χ1v) is 9.86. The van der Waals surface area contributed by atoms with Crippen LogP contribution in [0.5, 0.6) is 5.75 Å².